The second kappa shape index (κ2) is 4.70. The third kappa shape index (κ3) is 1.88. The number of rotatable bonds is 3. The molecule has 21 heavy (non-hydrogen) atoms. The molecule has 1 aliphatic heterocycles. The first-order valence-corrected chi connectivity index (χ1v) is 6.85. The average molecular weight is 293 g/mol. The number of nitrogens with zero attached hydrogens (tertiary/aromatic N) is 1. The largest absolute Gasteiger partial charge is 0.475 e. The minimum atomic E-state index is -1.54. The van der Waals surface area contributed by atoms with Gasteiger partial charge in [-0.1, -0.05) is 0 Å². The van der Waals surface area contributed by atoms with E-state index in [-0.39, 0.29) is 12.3 Å². The van der Waals surface area contributed by atoms with E-state index in [1.54, 1.807) is 6.92 Å². The molecule has 112 valence electrons. The van der Waals surface area contributed by atoms with Gasteiger partial charge >= 0.3 is 5.97 Å². The summed E-state index contributed by atoms with van der Waals surface area (Å²) >= 11 is 0. The first kappa shape index (κ1) is 13.8. The SMILES string of the molecule is CCOC(=O)[C@@H]1Oc2ccc([N+](=O)[O-])c3c2[C@]1(O)CCC3. The van der Waals surface area contributed by atoms with Gasteiger partial charge in [-0.15, -0.1) is 0 Å². The predicted molar refractivity (Wildman–Crippen MR) is 71.0 cm³/mol. The van der Waals surface area contributed by atoms with Crippen molar-refractivity contribution in [3.8, 4) is 5.75 Å². The van der Waals surface area contributed by atoms with E-state index >= 15 is 0 Å². The third-order valence-corrected chi connectivity index (χ3v) is 4.04. The fourth-order valence-electron chi connectivity index (χ4n) is 3.22. The molecular weight excluding hydrogens is 278 g/mol. The number of benzene rings is 1. The van der Waals surface area contributed by atoms with Crippen LogP contribution in [0.4, 0.5) is 5.69 Å². The zero-order valence-corrected chi connectivity index (χ0v) is 11.5. The fraction of sp³-hybridized carbons (Fsp3) is 0.500. The smallest absolute Gasteiger partial charge is 0.350 e. The normalized spacial score (nSPS) is 25.9. The van der Waals surface area contributed by atoms with Crippen molar-refractivity contribution in [1.82, 2.24) is 0 Å². The van der Waals surface area contributed by atoms with Gasteiger partial charge in [0.05, 0.1) is 11.5 Å². The maximum absolute atomic E-state index is 12.0. The number of ether oxygens (including phenoxy) is 2. The molecule has 7 nitrogen and oxygen atoms in total. The van der Waals surface area contributed by atoms with Crippen LogP contribution in [0.15, 0.2) is 12.1 Å². The zero-order valence-electron chi connectivity index (χ0n) is 11.5. The van der Waals surface area contributed by atoms with E-state index in [0.717, 1.165) is 0 Å². The Labute approximate surface area is 120 Å². The minimum Gasteiger partial charge on any atom is -0.475 e. The molecule has 0 fully saturated rings. The van der Waals surface area contributed by atoms with E-state index in [2.05, 4.69) is 0 Å². The number of aliphatic hydroxyl groups is 1. The Balaban J connectivity index is 2.12. The van der Waals surface area contributed by atoms with Crippen molar-refractivity contribution in [2.24, 2.45) is 0 Å². The summed E-state index contributed by atoms with van der Waals surface area (Å²) in [5.74, 6) is -0.317. The van der Waals surface area contributed by atoms with E-state index in [9.17, 15) is 20.0 Å². The van der Waals surface area contributed by atoms with Crippen LogP contribution in [0.2, 0.25) is 0 Å². The van der Waals surface area contributed by atoms with Crippen molar-refractivity contribution in [1.29, 1.82) is 0 Å². The highest BCUT2D eigenvalue weighted by Crippen LogP contribution is 2.51. The third-order valence-electron chi connectivity index (χ3n) is 4.04. The van der Waals surface area contributed by atoms with Gasteiger partial charge in [0.1, 0.15) is 11.4 Å². The van der Waals surface area contributed by atoms with E-state index < -0.39 is 22.6 Å². The average Bonchev–Trinajstić information content (AvgIpc) is 2.74. The maximum Gasteiger partial charge on any atom is 0.350 e. The Hall–Kier alpha value is -2.15. The topological polar surface area (TPSA) is 98.9 Å². The molecule has 0 spiro atoms. The molecule has 2 aliphatic rings. The van der Waals surface area contributed by atoms with E-state index in [0.29, 0.717) is 36.1 Å². The molecule has 0 amide bonds. The summed E-state index contributed by atoms with van der Waals surface area (Å²) < 4.78 is 10.5. The number of hydrogen-bond donors (Lipinski definition) is 1. The first-order chi connectivity index (χ1) is 9.99. The number of esters is 1. The number of carbonyl (C=O) groups is 1. The van der Waals surface area contributed by atoms with E-state index in [1.165, 1.54) is 12.1 Å². The summed E-state index contributed by atoms with van der Waals surface area (Å²) in [6.07, 6.45) is 0.194. The number of nitro groups is 1. The Morgan fingerprint density at radius 2 is 2.38 bits per heavy atom. The molecule has 1 aromatic rings. The highest BCUT2D eigenvalue weighted by Gasteiger charge is 2.55. The molecule has 1 heterocycles. The molecule has 7 heteroatoms. The fourth-order valence-corrected chi connectivity index (χ4v) is 3.22. The zero-order chi connectivity index (χ0) is 15.2. The van der Waals surface area contributed by atoms with Crippen LogP contribution >= 0.6 is 0 Å². The van der Waals surface area contributed by atoms with Crippen LogP contribution in [0.1, 0.15) is 30.9 Å². The monoisotopic (exact) mass is 293 g/mol. The van der Waals surface area contributed by atoms with Crippen LogP contribution in [-0.4, -0.2) is 28.7 Å². The second-order valence-corrected chi connectivity index (χ2v) is 5.22. The Morgan fingerprint density at radius 3 is 3.05 bits per heavy atom. The van der Waals surface area contributed by atoms with Crippen LogP contribution < -0.4 is 4.74 Å². The molecule has 0 saturated carbocycles. The second-order valence-electron chi connectivity index (χ2n) is 5.22. The Bertz CT molecular complexity index is 628. The van der Waals surface area contributed by atoms with Gasteiger partial charge in [-0.25, -0.2) is 4.79 Å². The van der Waals surface area contributed by atoms with Crippen molar-refractivity contribution >= 4 is 11.7 Å². The maximum atomic E-state index is 12.0. The summed E-state index contributed by atoms with van der Waals surface area (Å²) in [5.41, 5.74) is -0.750. The van der Waals surface area contributed by atoms with Crippen LogP contribution in [0.3, 0.4) is 0 Å². The molecule has 0 bridgehead atoms. The highest BCUT2D eigenvalue weighted by molar-refractivity contribution is 5.80. The lowest BCUT2D eigenvalue weighted by Crippen LogP contribution is -2.46. The van der Waals surface area contributed by atoms with Gasteiger partial charge in [-0.3, -0.25) is 10.1 Å². The van der Waals surface area contributed by atoms with Gasteiger partial charge in [0, 0.05) is 17.2 Å². The predicted octanol–water partition coefficient (Wildman–Crippen LogP) is 1.44. The van der Waals surface area contributed by atoms with Gasteiger partial charge in [0.25, 0.3) is 5.69 Å². The number of nitro benzene ring substituents is 1. The van der Waals surface area contributed by atoms with Gasteiger partial charge in [-0.05, 0) is 32.3 Å². The molecule has 1 aromatic carbocycles. The van der Waals surface area contributed by atoms with Crippen LogP contribution in [0, 0.1) is 10.1 Å². The standard InChI is InChI=1S/C14H15NO6/c1-2-20-13(16)12-14(17)7-3-4-8-9(15(18)19)5-6-10(21-12)11(8)14/h5-6,12,17H,2-4,7H2,1H3/t12-,14+/m0/s1. The number of hydrogen-bond acceptors (Lipinski definition) is 6. The molecular formula is C14H15NO6. The summed E-state index contributed by atoms with van der Waals surface area (Å²) in [7, 11) is 0. The summed E-state index contributed by atoms with van der Waals surface area (Å²) in [6, 6.07) is 2.79. The van der Waals surface area contributed by atoms with Crippen LogP contribution in [0.25, 0.3) is 0 Å². The Kier molecular flexibility index (Phi) is 3.09. The summed E-state index contributed by atoms with van der Waals surface area (Å²) in [5, 5.41) is 22.0. The minimum absolute atomic E-state index is 0.0417. The van der Waals surface area contributed by atoms with Crippen LogP contribution in [-0.2, 0) is 21.6 Å². The van der Waals surface area contributed by atoms with Crippen LogP contribution in [0.5, 0.6) is 5.75 Å². The lowest BCUT2D eigenvalue weighted by atomic mass is 9.76. The van der Waals surface area contributed by atoms with Crippen molar-refractivity contribution < 1.29 is 24.3 Å². The highest BCUT2D eigenvalue weighted by atomic mass is 16.6. The van der Waals surface area contributed by atoms with Crippen molar-refractivity contribution in [2.75, 3.05) is 6.61 Å². The van der Waals surface area contributed by atoms with Gasteiger partial charge in [-0.2, -0.15) is 0 Å². The molecule has 0 saturated heterocycles. The lowest BCUT2D eigenvalue weighted by Gasteiger charge is -2.31. The van der Waals surface area contributed by atoms with E-state index in [4.69, 9.17) is 9.47 Å². The summed E-state index contributed by atoms with van der Waals surface area (Å²) in [6.45, 7) is 1.85. The lowest BCUT2D eigenvalue weighted by molar-refractivity contribution is -0.385. The molecule has 3 rings (SSSR count). The molecule has 1 aliphatic carbocycles. The Morgan fingerprint density at radius 1 is 1.62 bits per heavy atom. The van der Waals surface area contributed by atoms with E-state index in [1.807, 2.05) is 0 Å². The van der Waals surface area contributed by atoms with Gasteiger partial charge in [0.15, 0.2) is 0 Å². The molecule has 0 radical (unpaired) electrons. The molecule has 2 atom stereocenters. The molecule has 1 N–H and O–H groups in total. The quantitative estimate of drug-likeness (QED) is 0.514. The van der Waals surface area contributed by atoms with Gasteiger partial charge < -0.3 is 14.6 Å². The summed E-state index contributed by atoms with van der Waals surface area (Å²) in [4.78, 5) is 22.7. The number of carbonyl (C=O) groups excluding carboxylic acids is 1. The van der Waals surface area contributed by atoms with Crippen molar-refractivity contribution in [3.05, 3.63) is 33.4 Å². The van der Waals surface area contributed by atoms with Crippen molar-refractivity contribution in [2.45, 2.75) is 37.9 Å². The molecule has 0 unspecified atom stereocenters. The van der Waals surface area contributed by atoms with Gasteiger partial charge in [0.2, 0.25) is 6.10 Å². The van der Waals surface area contributed by atoms with Crippen molar-refractivity contribution in [3.63, 3.8) is 0 Å². The first-order valence-electron chi connectivity index (χ1n) is 6.85. The molecule has 0 aromatic heterocycles.